The number of thioether (sulfide) groups is 1. The number of amides is 1. The Balaban J connectivity index is 2.84. The number of anilines is 1. The first-order valence-corrected chi connectivity index (χ1v) is 9.61. The molecule has 0 aromatic heterocycles. The third-order valence-electron chi connectivity index (χ3n) is 2.30. The van der Waals surface area contributed by atoms with Crippen molar-refractivity contribution in [2.75, 3.05) is 29.8 Å². The summed E-state index contributed by atoms with van der Waals surface area (Å²) in [5.41, 5.74) is 1.30. The normalized spacial score (nSPS) is 12.8. The van der Waals surface area contributed by atoms with Gasteiger partial charge in [0, 0.05) is 39.6 Å². The first-order chi connectivity index (χ1) is 8.81. The van der Waals surface area contributed by atoms with Gasteiger partial charge in [0.25, 0.3) is 0 Å². The van der Waals surface area contributed by atoms with Crippen LogP contribution in [0.5, 0.6) is 0 Å². The number of nitrogens with one attached hydrogen (secondary N) is 1. The maximum absolute atomic E-state index is 11.9. The van der Waals surface area contributed by atoms with Crippen LogP contribution in [0.4, 0.5) is 11.4 Å². The van der Waals surface area contributed by atoms with Crippen molar-refractivity contribution in [3.8, 4) is 0 Å². The van der Waals surface area contributed by atoms with Crippen molar-refractivity contribution in [3.63, 3.8) is 0 Å². The maximum Gasteiger partial charge on any atom is 0.228 e. The molecule has 1 atom stereocenters. The van der Waals surface area contributed by atoms with Crippen molar-refractivity contribution in [2.24, 2.45) is 10.3 Å². The molecule has 0 aliphatic heterocycles. The van der Waals surface area contributed by atoms with E-state index < -0.39 is 9.73 Å². The second kappa shape index (κ2) is 6.96. The minimum atomic E-state index is -2.19. The van der Waals surface area contributed by atoms with Crippen LogP contribution >= 0.6 is 11.8 Å². The topological polar surface area (TPSA) is 58.5 Å². The Morgan fingerprint density at radius 2 is 2.16 bits per heavy atom. The van der Waals surface area contributed by atoms with E-state index in [1.54, 1.807) is 48.5 Å². The Hall–Kier alpha value is -1.01. The molecule has 0 aliphatic rings. The highest BCUT2D eigenvalue weighted by Crippen LogP contribution is 2.20. The summed E-state index contributed by atoms with van der Waals surface area (Å²) in [7, 11) is -2.19. The van der Waals surface area contributed by atoms with Gasteiger partial charge in [0.05, 0.1) is 5.69 Å². The van der Waals surface area contributed by atoms with Gasteiger partial charge < -0.3 is 5.32 Å². The highest BCUT2D eigenvalue weighted by Gasteiger charge is 2.12. The Bertz CT molecular complexity index is 556. The van der Waals surface area contributed by atoms with Crippen molar-refractivity contribution >= 4 is 38.8 Å². The van der Waals surface area contributed by atoms with Crippen LogP contribution in [0.3, 0.4) is 0 Å². The van der Waals surface area contributed by atoms with Crippen molar-refractivity contribution in [1.82, 2.24) is 0 Å². The summed E-state index contributed by atoms with van der Waals surface area (Å²) in [6.07, 6.45) is 5.14. The van der Waals surface area contributed by atoms with Crippen LogP contribution in [0.15, 0.2) is 28.6 Å². The van der Waals surface area contributed by atoms with E-state index in [0.717, 1.165) is 5.75 Å². The summed E-state index contributed by atoms with van der Waals surface area (Å²) in [6, 6.07) is 7.10. The predicted octanol–water partition coefficient (Wildman–Crippen LogP) is 2.98. The fourth-order valence-corrected chi connectivity index (χ4v) is 2.76. The molecule has 1 N–H and O–H groups in total. The van der Waals surface area contributed by atoms with Gasteiger partial charge in [0.1, 0.15) is 0 Å². The summed E-state index contributed by atoms with van der Waals surface area (Å²) in [6.45, 7) is 1.89. The van der Waals surface area contributed by atoms with Crippen LogP contribution in [0, 0.1) is 5.92 Å². The van der Waals surface area contributed by atoms with E-state index in [-0.39, 0.29) is 11.8 Å². The van der Waals surface area contributed by atoms with Gasteiger partial charge in [0.2, 0.25) is 5.91 Å². The van der Waals surface area contributed by atoms with Crippen LogP contribution in [0.25, 0.3) is 0 Å². The second-order valence-corrected chi connectivity index (χ2v) is 8.12. The molecule has 0 spiro atoms. The molecular weight excluding hydrogens is 280 g/mol. The largest absolute Gasteiger partial charge is 0.326 e. The lowest BCUT2D eigenvalue weighted by Crippen LogP contribution is -2.21. The van der Waals surface area contributed by atoms with Crippen molar-refractivity contribution in [3.05, 3.63) is 24.3 Å². The van der Waals surface area contributed by atoms with Crippen molar-refractivity contribution in [2.45, 2.75) is 6.92 Å². The lowest BCUT2D eigenvalue weighted by molar-refractivity contribution is -0.118. The fraction of sp³-hybridized carbons (Fsp3) is 0.462. The minimum absolute atomic E-state index is 0.0137. The van der Waals surface area contributed by atoms with E-state index in [0.29, 0.717) is 11.4 Å². The Morgan fingerprint density at radius 3 is 2.74 bits per heavy atom. The molecule has 1 aromatic carbocycles. The van der Waals surface area contributed by atoms with Crippen molar-refractivity contribution in [1.29, 1.82) is 0 Å². The molecule has 1 rings (SSSR count). The molecule has 0 aliphatic carbocycles. The monoisotopic (exact) mass is 300 g/mol. The van der Waals surface area contributed by atoms with Crippen LogP contribution < -0.4 is 5.32 Å². The first kappa shape index (κ1) is 16.0. The highest BCUT2D eigenvalue weighted by molar-refractivity contribution is 7.98. The van der Waals surface area contributed by atoms with Gasteiger partial charge in [-0.05, 0) is 24.5 Å². The fourth-order valence-electron chi connectivity index (χ4n) is 1.49. The summed E-state index contributed by atoms with van der Waals surface area (Å²) in [5, 5.41) is 2.85. The minimum Gasteiger partial charge on any atom is -0.326 e. The Morgan fingerprint density at radius 1 is 1.47 bits per heavy atom. The Labute approximate surface area is 119 Å². The number of hydrogen-bond acceptors (Lipinski definition) is 4. The maximum atomic E-state index is 11.9. The molecule has 0 saturated heterocycles. The Kier molecular flexibility index (Phi) is 5.87. The molecule has 0 heterocycles. The molecule has 1 unspecified atom stereocenters. The summed E-state index contributed by atoms with van der Waals surface area (Å²) in [5.74, 6) is 0.727. The zero-order valence-electron chi connectivity index (χ0n) is 11.7. The van der Waals surface area contributed by atoms with Gasteiger partial charge in [-0.2, -0.15) is 16.1 Å². The summed E-state index contributed by atoms with van der Waals surface area (Å²) in [4.78, 5) is 11.9. The number of hydrogen-bond donors (Lipinski definition) is 1. The van der Waals surface area contributed by atoms with Crippen LogP contribution in [0.1, 0.15) is 6.92 Å². The molecule has 19 heavy (non-hydrogen) atoms. The molecule has 1 aromatic rings. The van der Waals surface area contributed by atoms with Gasteiger partial charge in [0.15, 0.2) is 0 Å². The van der Waals surface area contributed by atoms with Crippen molar-refractivity contribution < 1.29 is 9.00 Å². The third kappa shape index (κ3) is 6.11. The van der Waals surface area contributed by atoms with Gasteiger partial charge in [-0.3, -0.25) is 4.79 Å². The lowest BCUT2D eigenvalue weighted by atomic mass is 10.2. The second-order valence-electron chi connectivity index (χ2n) is 4.67. The molecule has 0 radical (unpaired) electrons. The molecule has 0 saturated carbocycles. The third-order valence-corrected chi connectivity index (χ3v) is 3.79. The van der Waals surface area contributed by atoms with Crippen LogP contribution in [0.2, 0.25) is 0 Å². The lowest BCUT2D eigenvalue weighted by Gasteiger charge is -2.11. The van der Waals surface area contributed by atoms with Crippen LogP contribution in [-0.2, 0) is 14.5 Å². The molecule has 106 valence electrons. The van der Waals surface area contributed by atoms with E-state index in [9.17, 15) is 9.00 Å². The van der Waals surface area contributed by atoms with Gasteiger partial charge in [-0.1, -0.05) is 13.0 Å². The zero-order chi connectivity index (χ0) is 14.5. The van der Waals surface area contributed by atoms with Gasteiger partial charge in [-0.25, -0.2) is 4.21 Å². The standard InChI is InChI=1S/C13H20N2O2S2/c1-10(9-18-2)13(16)14-11-6-5-7-12(8-11)15-19(3,4)17/h5-8,10H,9H2,1-4H3,(H,14,16). The number of carbonyl (C=O) groups excluding carboxylic acids is 1. The van der Waals surface area contributed by atoms with Gasteiger partial charge in [-0.15, -0.1) is 0 Å². The zero-order valence-corrected chi connectivity index (χ0v) is 13.3. The summed E-state index contributed by atoms with van der Waals surface area (Å²) >= 11 is 1.64. The highest BCUT2D eigenvalue weighted by atomic mass is 32.2. The molecule has 4 nitrogen and oxygen atoms in total. The average molecular weight is 300 g/mol. The quantitative estimate of drug-likeness (QED) is 0.909. The molecule has 6 heteroatoms. The van der Waals surface area contributed by atoms with Gasteiger partial charge >= 0.3 is 0 Å². The number of rotatable bonds is 5. The molecule has 0 fully saturated rings. The summed E-state index contributed by atoms with van der Waals surface area (Å²) < 4.78 is 15.7. The average Bonchev–Trinajstić information content (AvgIpc) is 2.27. The SMILES string of the molecule is CSCC(C)C(=O)Nc1cccc(N=S(C)(C)=O)c1. The smallest absolute Gasteiger partial charge is 0.228 e. The molecule has 1 amide bonds. The van der Waals surface area contributed by atoms with E-state index >= 15 is 0 Å². The van der Waals surface area contributed by atoms with E-state index in [1.165, 1.54) is 0 Å². The van der Waals surface area contributed by atoms with E-state index in [2.05, 4.69) is 9.68 Å². The number of benzene rings is 1. The number of nitrogens with zero attached hydrogens (tertiary/aromatic N) is 1. The van der Waals surface area contributed by atoms with Crippen LogP contribution in [-0.4, -0.2) is 34.6 Å². The van der Waals surface area contributed by atoms with E-state index in [1.807, 2.05) is 13.2 Å². The number of carbonyl (C=O) groups is 1. The predicted molar refractivity (Wildman–Crippen MR) is 84.7 cm³/mol. The molecule has 0 bridgehead atoms. The first-order valence-electron chi connectivity index (χ1n) is 5.89. The van der Waals surface area contributed by atoms with E-state index in [4.69, 9.17) is 0 Å². The molecular formula is C13H20N2O2S2.